The third kappa shape index (κ3) is 4.20. The van der Waals surface area contributed by atoms with Gasteiger partial charge in [0.15, 0.2) is 0 Å². The van der Waals surface area contributed by atoms with Crippen LogP contribution in [0.3, 0.4) is 0 Å². The molecule has 0 heterocycles. The SMILES string of the molecule is CCN(CCCO)Cc1ccc(F)cc1Br. The third-order valence-corrected chi connectivity index (χ3v) is 3.23. The van der Waals surface area contributed by atoms with Crippen LogP contribution in [0.25, 0.3) is 0 Å². The quantitative estimate of drug-likeness (QED) is 0.871. The molecular formula is C12H17BrFNO. The van der Waals surface area contributed by atoms with E-state index in [0.29, 0.717) is 0 Å². The number of aliphatic hydroxyl groups is 1. The Bertz CT molecular complexity index is 333. The van der Waals surface area contributed by atoms with Crippen LogP contribution in [-0.2, 0) is 6.54 Å². The largest absolute Gasteiger partial charge is 0.396 e. The van der Waals surface area contributed by atoms with Crippen LogP contribution >= 0.6 is 15.9 Å². The molecule has 0 spiro atoms. The maximum atomic E-state index is 12.9. The standard InChI is InChI=1S/C12H17BrFNO/c1-2-15(6-3-7-16)9-10-4-5-11(14)8-12(10)13/h4-5,8,16H,2-3,6-7,9H2,1H3. The fraction of sp³-hybridized carbons (Fsp3) is 0.500. The monoisotopic (exact) mass is 289 g/mol. The molecule has 0 amide bonds. The van der Waals surface area contributed by atoms with E-state index in [9.17, 15) is 4.39 Å². The summed E-state index contributed by atoms with van der Waals surface area (Å²) in [4.78, 5) is 2.22. The van der Waals surface area contributed by atoms with Crippen LogP contribution in [0.1, 0.15) is 18.9 Å². The van der Waals surface area contributed by atoms with Gasteiger partial charge in [0.25, 0.3) is 0 Å². The average Bonchev–Trinajstić information content (AvgIpc) is 2.27. The molecule has 2 nitrogen and oxygen atoms in total. The molecule has 0 aliphatic rings. The summed E-state index contributed by atoms with van der Waals surface area (Å²) in [7, 11) is 0. The smallest absolute Gasteiger partial charge is 0.124 e. The highest BCUT2D eigenvalue weighted by Crippen LogP contribution is 2.19. The van der Waals surface area contributed by atoms with Crippen molar-refractivity contribution >= 4 is 15.9 Å². The first-order chi connectivity index (χ1) is 7.67. The molecule has 0 saturated heterocycles. The van der Waals surface area contributed by atoms with Gasteiger partial charge in [-0.25, -0.2) is 4.39 Å². The molecule has 0 unspecified atom stereocenters. The van der Waals surface area contributed by atoms with Crippen molar-refractivity contribution in [2.24, 2.45) is 0 Å². The first-order valence-electron chi connectivity index (χ1n) is 5.44. The van der Waals surface area contributed by atoms with Gasteiger partial charge in [-0.05, 0) is 30.7 Å². The molecule has 0 bridgehead atoms. The fourth-order valence-corrected chi connectivity index (χ4v) is 2.01. The minimum atomic E-state index is -0.228. The summed E-state index contributed by atoms with van der Waals surface area (Å²) in [6.07, 6.45) is 0.770. The van der Waals surface area contributed by atoms with Crippen LogP contribution < -0.4 is 0 Å². The summed E-state index contributed by atoms with van der Waals surface area (Å²) in [5.74, 6) is -0.228. The average molecular weight is 290 g/mol. The second-order valence-corrected chi connectivity index (χ2v) is 4.54. The molecule has 90 valence electrons. The third-order valence-electron chi connectivity index (χ3n) is 2.49. The Balaban J connectivity index is 2.62. The molecule has 0 radical (unpaired) electrons. The van der Waals surface area contributed by atoms with Gasteiger partial charge < -0.3 is 5.11 Å². The summed E-state index contributed by atoms with van der Waals surface area (Å²) in [6, 6.07) is 4.75. The number of nitrogens with zero attached hydrogens (tertiary/aromatic N) is 1. The highest BCUT2D eigenvalue weighted by molar-refractivity contribution is 9.10. The molecule has 0 aliphatic carbocycles. The zero-order valence-corrected chi connectivity index (χ0v) is 11.0. The van der Waals surface area contributed by atoms with Crippen LogP contribution in [0, 0.1) is 5.82 Å². The lowest BCUT2D eigenvalue weighted by molar-refractivity contribution is 0.225. The van der Waals surface area contributed by atoms with Crippen molar-refractivity contribution < 1.29 is 9.50 Å². The Morgan fingerprint density at radius 3 is 2.75 bits per heavy atom. The van der Waals surface area contributed by atoms with Gasteiger partial charge in [-0.3, -0.25) is 4.90 Å². The van der Waals surface area contributed by atoms with Crippen molar-refractivity contribution in [1.29, 1.82) is 0 Å². The van der Waals surface area contributed by atoms with Gasteiger partial charge in [0.05, 0.1) is 0 Å². The molecule has 4 heteroatoms. The Morgan fingerprint density at radius 1 is 1.44 bits per heavy atom. The summed E-state index contributed by atoms with van der Waals surface area (Å²) >= 11 is 3.36. The lowest BCUT2D eigenvalue weighted by atomic mass is 10.2. The Hall–Kier alpha value is -0.450. The van der Waals surface area contributed by atoms with Gasteiger partial charge in [-0.2, -0.15) is 0 Å². The molecule has 0 fully saturated rings. The van der Waals surface area contributed by atoms with Crippen molar-refractivity contribution in [3.05, 3.63) is 34.1 Å². The molecule has 0 aromatic heterocycles. The zero-order chi connectivity index (χ0) is 12.0. The lowest BCUT2D eigenvalue weighted by Gasteiger charge is -2.20. The molecule has 1 aromatic carbocycles. The molecular weight excluding hydrogens is 273 g/mol. The topological polar surface area (TPSA) is 23.5 Å². The first-order valence-corrected chi connectivity index (χ1v) is 6.23. The Labute approximate surface area is 104 Å². The highest BCUT2D eigenvalue weighted by atomic mass is 79.9. The van der Waals surface area contributed by atoms with Crippen LogP contribution in [-0.4, -0.2) is 29.7 Å². The van der Waals surface area contributed by atoms with Crippen molar-refractivity contribution in [2.45, 2.75) is 19.9 Å². The number of hydrogen-bond acceptors (Lipinski definition) is 2. The van der Waals surface area contributed by atoms with Gasteiger partial charge in [0.2, 0.25) is 0 Å². The fourth-order valence-electron chi connectivity index (χ4n) is 1.53. The molecule has 16 heavy (non-hydrogen) atoms. The van der Waals surface area contributed by atoms with Crippen LogP contribution in [0.4, 0.5) is 4.39 Å². The van der Waals surface area contributed by atoms with Gasteiger partial charge >= 0.3 is 0 Å². The number of rotatable bonds is 6. The van der Waals surface area contributed by atoms with E-state index in [1.165, 1.54) is 12.1 Å². The van der Waals surface area contributed by atoms with Gasteiger partial charge in [-0.1, -0.05) is 28.9 Å². The van der Waals surface area contributed by atoms with E-state index in [0.717, 1.165) is 36.1 Å². The summed E-state index contributed by atoms with van der Waals surface area (Å²) < 4.78 is 13.7. The van der Waals surface area contributed by atoms with E-state index >= 15 is 0 Å². The predicted octanol–water partition coefficient (Wildman–Crippen LogP) is 2.79. The van der Waals surface area contributed by atoms with Crippen molar-refractivity contribution in [2.75, 3.05) is 19.7 Å². The molecule has 1 N–H and O–H groups in total. The highest BCUT2D eigenvalue weighted by Gasteiger charge is 2.07. The maximum absolute atomic E-state index is 12.9. The Kier molecular flexibility index (Phi) is 5.95. The maximum Gasteiger partial charge on any atom is 0.124 e. The van der Waals surface area contributed by atoms with Crippen molar-refractivity contribution in [1.82, 2.24) is 4.90 Å². The molecule has 0 saturated carbocycles. The van der Waals surface area contributed by atoms with Gasteiger partial charge in [-0.15, -0.1) is 0 Å². The van der Waals surface area contributed by atoms with Crippen molar-refractivity contribution in [3.8, 4) is 0 Å². The van der Waals surface area contributed by atoms with Crippen molar-refractivity contribution in [3.63, 3.8) is 0 Å². The van der Waals surface area contributed by atoms with E-state index in [4.69, 9.17) is 5.11 Å². The lowest BCUT2D eigenvalue weighted by Crippen LogP contribution is -2.24. The van der Waals surface area contributed by atoms with Crippen LogP contribution in [0.5, 0.6) is 0 Å². The minimum absolute atomic E-state index is 0.209. The zero-order valence-electron chi connectivity index (χ0n) is 9.42. The number of hydrogen-bond donors (Lipinski definition) is 1. The van der Waals surface area contributed by atoms with Gasteiger partial charge in [0.1, 0.15) is 5.82 Å². The van der Waals surface area contributed by atoms with E-state index in [-0.39, 0.29) is 12.4 Å². The van der Waals surface area contributed by atoms with Crippen LogP contribution in [0.2, 0.25) is 0 Å². The molecule has 0 atom stereocenters. The van der Waals surface area contributed by atoms with E-state index in [1.54, 1.807) is 6.07 Å². The molecule has 1 rings (SSSR count). The predicted molar refractivity (Wildman–Crippen MR) is 66.8 cm³/mol. The van der Waals surface area contributed by atoms with E-state index in [1.807, 2.05) is 0 Å². The number of halogens is 2. The van der Waals surface area contributed by atoms with E-state index < -0.39 is 0 Å². The van der Waals surface area contributed by atoms with E-state index in [2.05, 4.69) is 27.8 Å². The Morgan fingerprint density at radius 2 is 2.19 bits per heavy atom. The summed E-state index contributed by atoms with van der Waals surface area (Å²) in [5.41, 5.74) is 1.07. The number of aliphatic hydroxyl groups excluding tert-OH is 1. The summed E-state index contributed by atoms with van der Waals surface area (Å²) in [5, 5.41) is 8.78. The summed E-state index contributed by atoms with van der Waals surface area (Å²) in [6.45, 7) is 4.84. The van der Waals surface area contributed by atoms with Gasteiger partial charge in [0, 0.05) is 24.2 Å². The normalized spacial score (nSPS) is 11.1. The minimum Gasteiger partial charge on any atom is -0.396 e. The molecule has 0 aliphatic heterocycles. The molecule has 1 aromatic rings. The van der Waals surface area contributed by atoms with Crippen LogP contribution in [0.15, 0.2) is 22.7 Å². The second kappa shape index (κ2) is 6.99. The number of benzene rings is 1. The second-order valence-electron chi connectivity index (χ2n) is 3.68. The first kappa shape index (κ1) is 13.6.